The van der Waals surface area contributed by atoms with Gasteiger partial charge in [0.15, 0.2) is 17.3 Å². The molecule has 0 aliphatic heterocycles. The monoisotopic (exact) mass is 365 g/mol. The minimum Gasteiger partial charge on any atom is -0.493 e. The summed E-state index contributed by atoms with van der Waals surface area (Å²) in [5.74, 6) is 1.36. The van der Waals surface area contributed by atoms with Gasteiger partial charge >= 0.3 is 0 Å². The molecule has 1 heterocycles. The van der Waals surface area contributed by atoms with Gasteiger partial charge in [-0.3, -0.25) is 4.79 Å². The summed E-state index contributed by atoms with van der Waals surface area (Å²) in [6.07, 6.45) is 1.64. The van der Waals surface area contributed by atoms with E-state index in [0.717, 1.165) is 5.56 Å². The van der Waals surface area contributed by atoms with Crippen LogP contribution in [0.4, 0.5) is 5.69 Å². The number of hydrogen-bond donors (Lipinski definition) is 1. The molecule has 27 heavy (non-hydrogen) atoms. The number of benzene rings is 2. The molecule has 0 fully saturated rings. The Bertz CT molecular complexity index is 967. The normalized spacial score (nSPS) is 10.3. The smallest absolute Gasteiger partial charge is 0.255 e. The van der Waals surface area contributed by atoms with Gasteiger partial charge in [0.1, 0.15) is 6.61 Å². The Labute approximate surface area is 156 Å². The highest BCUT2D eigenvalue weighted by molar-refractivity contribution is 6.04. The second-order valence-electron chi connectivity index (χ2n) is 5.63. The van der Waals surface area contributed by atoms with Crippen molar-refractivity contribution in [3.05, 3.63) is 60.7 Å². The first-order chi connectivity index (χ1) is 13.1. The number of ether oxygens (including phenoxy) is 2. The first-order valence-corrected chi connectivity index (χ1v) is 8.18. The molecular weight excluding hydrogens is 346 g/mol. The molecule has 3 rings (SSSR count). The maximum atomic E-state index is 12.6. The van der Waals surface area contributed by atoms with Crippen LogP contribution in [0.3, 0.4) is 0 Å². The number of methoxy groups -OCH3 is 1. The van der Waals surface area contributed by atoms with E-state index in [-0.39, 0.29) is 5.91 Å². The Kier molecular flexibility index (Phi) is 5.46. The molecule has 0 bridgehead atoms. The van der Waals surface area contributed by atoms with E-state index in [1.54, 1.807) is 42.1 Å². The first-order valence-electron chi connectivity index (χ1n) is 8.18. The summed E-state index contributed by atoms with van der Waals surface area (Å²) in [6, 6.07) is 12.3. The summed E-state index contributed by atoms with van der Waals surface area (Å²) < 4.78 is 12.4. The Morgan fingerprint density at radius 1 is 1.26 bits per heavy atom. The molecule has 138 valence electrons. The average molecular weight is 365 g/mol. The van der Waals surface area contributed by atoms with Crippen molar-refractivity contribution < 1.29 is 14.3 Å². The number of aryl methyl sites for hydroxylation is 1. The fourth-order valence-electron chi connectivity index (χ4n) is 2.49. The van der Waals surface area contributed by atoms with E-state index in [2.05, 4.69) is 27.4 Å². The van der Waals surface area contributed by atoms with Crippen molar-refractivity contribution in [2.75, 3.05) is 19.0 Å². The molecule has 8 heteroatoms. The Hall–Kier alpha value is -3.68. The highest BCUT2D eigenvalue weighted by Crippen LogP contribution is 2.28. The predicted molar refractivity (Wildman–Crippen MR) is 101 cm³/mol. The number of aromatic nitrogens is 4. The average Bonchev–Trinajstić information content (AvgIpc) is 3.12. The van der Waals surface area contributed by atoms with Crippen molar-refractivity contribution >= 4 is 11.6 Å². The van der Waals surface area contributed by atoms with Crippen molar-refractivity contribution in [1.82, 2.24) is 20.2 Å². The fourth-order valence-corrected chi connectivity index (χ4v) is 2.49. The van der Waals surface area contributed by atoms with Gasteiger partial charge in [0.05, 0.1) is 7.11 Å². The van der Waals surface area contributed by atoms with Crippen LogP contribution in [0.5, 0.6) is 11.5 Å². The molecule has 1 aromatic heterocycles. The van der Waals surface area contributed by atoms with E-state index in [0.29, 0.717) is 35.2 Å². The van der Waals surface area contributed by atoms with E-state index in [1.165, 1.54) is 7.11 Å². The summed E-state index contributed by atoms with van der Waals surface area (Å²) >= 11 is 0. The van der Waals surface area contributed by atoms with Crippen LogP contribution < -0.4 is 14.8 Å². The van der Waals surface area contributed by atoms with Gasteiger partial charge in [-0.15, -0.1) is 5.10 Å². The van der Waals surface area contributed by atoms with Crippen molar-refractivity contribution in [2.45, 2.75) is 0 Å². The maximum absolute atomic E-state index is 12.6. The van der Waals surface area contributed by atoms with Gasteiger partial charge in [0, 0.05) is 23.9 Å². The standard InChI is InChI=1S/C19H19N5O3/c1-4-10-27-16-9-8-14(12-17(16)26-3)19(25)20-15-7-5-6-13(11-15)18-21-22-23-24(18)2/h4-9,11-12H,1,10H2,2-3H3,(H,20,25). The molecule has 1 N–H and O–H groups in total. The van der Waals surface area contributed by atoms with Crippen LogP contribution in [0.25, 0.3) is 11.4 Å². The van der Waals surface area contributed by atoms with Gasteiger partial charge in [-0.05, 0) is 40.8 Å². The van der Waals surface area contributed by atoms with Crippen LogP contribution in [0.2, 0.25) is 0 Å². The molecule has 2 aromatic carbocycles. The molecule has 0 atom stereocenters. The zero-order valence-electron chi connectivity index (χ0n) is 15.0. The Morgan fingerprint density at radius 2 is 2.11 bits per heavy atom. The number of tetrazole rings is 1. The minimum atomic E-state index is -0.267. The van der Waals surface area contributed by atoms with E-state index in [9.17, 15) is 4.79 Å². The van der Waals surface area contributed by atoms with Crippen molar-refractivity contribution in [2.24, 2.45) is 7.05 Å². The van der Waals surface area contributed by atoms with E-state index >= 15 is 0 Å². The molecule has 0 saturated carbocycles. The summed E-state index contributed by atoms with van der Waals surface area (Å²) in [5.41, 5.74) is 1.88. The zero-order chi connectivity index (χ0) is 19.2. The lowest BCUT2D eigenvalue weighted by Crippen LogP contribution is -2.12. The van der Waals surface area contributed by atoms with E-state index in [1.807, 2.05) is 18.2 Å². The number of nitrogens with zero attached hydrogens (tertiary/aromatic N) is 4. The summed E-state index contributed by atoms with van der Waals surface area (Å²) in [4.78, 5) is 12.6. The highest BCUT2D eigenvalue weighted by Gasteiger charge is 2.13. The Balaban J connectivity index is 1.79. The third-order valence-electron chi connectivity index (χ3n) is 3.78. The van der Waals surface area contributed by atoms with Gasteiger partial charge in [0.25, 0.3) is 5.91 Å². The van der Waals surface area contributed by atoms with Crippen LogP contribution in [0.1, 0.15) is 10.4 Å². The van der Waals surface area contributed by atoms with Crippen LogP contribution in [0.15, 0.2) is 55.1 Å². The zero-order valence-corrected chi connectivity index (χ0v) is 15.0. The largest absolute Gasteiger partial charge is 0.493 e. The molecule has 0 radical (unpaired) electrons. The third kappa shape index (κ3) is 4.12. The number of nitrogens with one attached hydrogen (secondary N) is 1. The number of carbonyl (C=O) groups is 1. The van der Waals surface area contributed by atoms with Gasteiger partial charge in [-0.2, -0.15) is 0 Å². The van der Waals surface area contributed by atoms with Crippen LogP contribution >= 0.6 is 0 Å². The third-order valence-corrected chi connectivity index (χ3v) is 3.78. The molecule has 3 aromatic rings. The SMILES string of the molecule is C=CCOc1ccc(C(=O)Nc2cccc(-c3nnnn3C)c2)cc1OC. The second-order valence-corrected chi connectivity index (χ2v) is 5.63. The number of carbonyl (C=O) groups excluding carboxylic acids is 1. The lowest BCUT2D eigenvalue weighted by atomic mass is 10.1. The quantitative estimate of drug-likeness (QED) is 0.647. The summed E-state index contributed by atoms with van der Waals surface area (Å²) in [5, 5.41) is 14.3. The molecule has 0 aliphatic rings. The molecule has 1 amide bonds. The lowest BCUT2D eigenvalue weighted by Gasteiger charge is -2.11. The lowest BCUT2D eigenvalue weighted by molar-refractivity contribution is 0.102. The maximum Gasteiger partial charge on any atom is 0.255 e. The minimum absolute atomic E-state index is 0.267. The van der Waals surface area contributed by atoms with Crippen LogP contribution in [-0.2, 0) is 7.05 Å². The molecule has 8 nitrogen and oxygen atoms in total. The van der Waals surface area contributed by atoms with E-state index < -0.39 is 0 Å². The van der Waals surface area contributed by atoms with Crippen molar-refractivity contribution in [3.8, 4) is 22.9 Å². The molecule has 0 unspecified atom stereocenters. The molecular formula is C19H19N5O3. The fraction of sp³-hybridized carbons (Fsp3) is 0.158. The van der Waals surface area contributed by atoms with Crippen molar-refractivity contribution in [3.63, 3.8) is 0 Å². The number of anilines is 1. The van der Waals surface area contributed by atoms with Gasteiger partial charge in [0.2, 0.25) is 0 Å². The number of hydrogen-bond acceptors (Lipinski definition) is 6. The van der Waals surface area contributed by atoms with Crippen molar-refractivity contribution in [1.29, 1.82) is 0 Å². The number of rotatable bonds is 7. The molecule has 0 spiro atoms. The Morgan fingerprint density at radius 3 is 2.81 bits per heavy atom. The van der Waals surface area contributed by atoms with Crippen LogP contribution in [0, 0.1) is 0 Å². The van der Waals surface area contributed by atoms with Gasteiger partial charge in [-0.25, -0.2) is 4.68 Å². The highest BCUT2D eigenvalue weighted by atomic mass is 16.5. The second kappa shape index (κ2) is 8.13. The predicted octanol–water partition coefficient (Wildman–Crippen LogP) is 2.70. The number of amides is 1. The van der Waals surface area contributed by atoms with Gasteiger partial charge < -0.3 is 14.8 Å². The first kappa shape index (κ1) is 18.1. The topological polar surface area (TPSA) is 91.2 Å². The summed E-state index contributed by atoms with van der Waals surface area (Å²) in [7, 11) is 3.28. The van der Waals surface area contributed by atoms with Gasteiger partial charge in [-0.1, -0.05) is 24.8 Å². The van der Waals surface area contributed by atoms with E-state index in [4.69, 9.17) is 9.47 Å². The van der Waals surface area contributed by atoms with Crippen LogP contribution in [-0.4, -0.2) is 39.8 Å². The molecule has 0 saturated heterocycles. The molecule has 0 aliphatic carbocycles. The summed E-state index contributed by atoms with van der Waals surface area (Å²) in [6.45, 7) is 3.96.